The summed E-state index contributed by atoms with van der Waals surface area (Å²) < 4.78 is 6.77. The quantitative estimate of drug-likeness (QED) is 0.617. The minimum absolute atomic E-state index is 0.0354. The molecule has 0 fully saturated rings. The first-order chi connectivity index (χ1) is 9.54. The molecule has 0 saturated heterocycles. The molecule has 2 aromatic rings. The highest BCUT2D eigenvalue weighted by Gasteiger charge is 2.20. The summed E-state index contributed by atoms with van der Waals surface area (Å²) in [5.41, 5.74) is 1.61. The van der Waals surface area contributed by atoms with E-state index in [-0.39, 0.29) is 5.78 Å². The van der Waals surface area contributed by atoms with Crippen molar-refractivity contribution in [3.05, 3.63) is 41.7 Å². The van der Waals surface area contributed by atoms with Gasteiger partial charge in [0.05, 0.1) is 29.9 Å². The van der Waals surface area contributed by atoms with Gasteiger partial charge in [-0.1, -0.05) is 6.07 Å². The van der Waals surface area contributed by atoms with Crippen molar-refractivity contribution in [2.24, 2.45) is 0 Å². The van der Waals surface area contributed by atoms with E-state index < -0.39 is 5.97 Å². The van der Waals surface area contributed by atoms with Gasteiger partial charge in [-0.25, -0.2) is 4.79 Å². The van der Waals surface area contributed by atoms with Gasteiger partial charge in [0, 0.05) is 6.20 Å². The van der Waals surface area contributed by atoms with E-state index in [4.69, 9.17) is 4.74 Å². The topological polar surface area (TPSA) is 51.0 Å². The SMILES string of the molecule is CCOC(=O)c1cc(C(=O)CN(C)C)n2ccccc12. The van der Waals surface area contributed by atoms with E-state index in [0.29, 0.717) is 29.9 Å². The molecule has 0 aliphatic heterocycles. The highest BCUT2D eigenvalue weighted by atomic mass is 16.5. The normalized spacial score (nSPS) is 11.0. The van der Waals surface area contributed by atoms with Crippen LogP contribution in [-0.4, -0.2) is 48.3 Å². The van der Waals surface area contributed by atoms with Gasteiger partial charge in [0.15, 0.2) is 5.78 Å². The van der Waals surface area contributed by atoms with Crippen molar-refractivity contribution >= 4 is 17.3 Å². The van der Waals surface area contributed by atoms with Gasteiger partial charge in [0.25, 0.3) is 0 Å². The van der Waals surface area contributed by atoms with E-state index >= 15 is 0 Å². The smallest absolute Gasteiger partial charge is 0.340 e. The Hall–Kier alpha value is -2.14. The molecule has 2 heterocycles. The molecule has 0 aliphatic rings. The Morgan fingerprint density at radius 2 is 2.05 bits per heavy atom. The predicted octanol–water partition coefficient (Wildman–Crippen LogP) is 1.86. The predicted molar refractivity (Wildman–Crippen MR) is 76.2 cm³/mol. The molecule has 0 radical (unpaired) electrons. The van der Waals surface area contributed by atoms with E-state index in [1.807, 2.05) is 26.2 Å². The molecular weight excluding hydrogens is 256 g/mol. The van der Waals surface area contributed by atoms with Crippen LogP contribution in [0.3, 0.4) is 0 Å². The number of hydrogen-bond donors (Lipinski definition) is 0. The van der Waals surface area contributed by atoms with Crippen LogP contribution in [0, 0.1) is 0 Å². The Bertz CT molecular complexity index is 644. The molecule has 106 valence electrons. The number of hydrogen-bond acceptors (Lipinski definition) is 4. The van der Waals surface area contributed by atoms with Crippen LogP contribution in [-0.2, 0) is 4.74 Å². The zero-order valence-corrected chi connectivity index (χ0v) is 11.9. The summed E-state index contributed by atoms with van der Waals surface area (Å²) in [4.78, 5) is 26.0. The Morgan fingerprint density at radius 1 is 1.30 bits per heavy atom. The van der Waals surface area contributed by atoms with Gasteiger partial charge in [-0.2, -0.15) is 0 Å². The number of aromatic nitrogens is 1. The molecule has 0 N–H and O–H groups in total. The molecular formula is C15H18N2O3. The molecule has 20 heavy (non-hydrogen) atoms. The van der Waals surface area contributed by atoms with E-state index in [1.54, 1.807) is 34.6 Å². The van der Waals surface area contributed by atoms with Gasteiger partial charge >= 0.3 is 5.97 Å². The lowest BCUT2D eigenvalue weighted by molar-refractivity contribution is 0.0529. The molecule has 0 aliphatic carbocycles. The van der Waals surface area contributed by atoms with Gasteiger partial charge in [0.2, 0.25) is 0 Å². The van der Waals surface area contributed by atoms with Gasteiger partial charge < -0.3 is 14.0 Å². The number of rotatable bonds is 5. The number of nitrogens with zero attached hydrogens (tertiary/aromatic N) is 2. The second-order valence-electron chi connectivity index (χ2n) is 4.78. The molecule has 0 spiro atoms. The molecule has 0 unspecified atom stereocenters. The maximum absolute atomic E-state index is 12.2. The number of ketones is 1. The van der Waals surface area contributed by atoms with Crippen molar-refractivity contribution in [2.75, 3.05) is 27.2 Å². The Morgan fingerprint density at radius 3 is 2.70 bits per heavy atom. The molecule has 5 heteroatoms. The van der Waals surface area contributed by atoms with Crippen LogP contribution in [0.25, 0.3) is 5.52 Å². The lowest BCUT2D eigenvalue weighted by atomic mass is 10.2. The van der Waals surface area contributed by atoms with E-state index in [1.165, 1.54) is 0 Å². The third-order valence-electron chi connectivity index (χ3n) is 2.92. The van der Waals surface area contributed by atoms with Crippen molar-refractivity contribution in [3.8, 4) is 0 Å². The van der Waals surface area contributed by atoms with Gasteiger partial charge in [0.1, 0.15) is 0 Å². The lowest BCUT2D eigenvalue weighted by Gasteiger charge is -2.08. The first-order valence-corrected chi connectivity index (χ1v) is 6.49. The van der Waals surface area contributed by atoms with Gasteiger partial charge in [-0.3, -0.25) is 4.79 Å². The molecule has 0 bridgehead atoms. The van der Waals surface area contributed by atoms with Crippen molar-refractivity contribution in [1.29, 1.82) is 0 Å². The fraction of sp³-hybridized carbons (Fsp3) is 0.333. The first kappa shape index (κ1) is 14.3. The van der Waals surface area contributed by atoms with Crippen LogP contribution in [0.4, 0.5) is 0 Å². The number of carbonyl (C=O) groups is 2. The van der Waals surface area contributed by atoms with Crippen molar-refractivity contribution in [2.45, 2.75) is 6.92 Å². The van der Waals surface area contributed by atoms with Gasteiger partial charge in [-0.05, 0) is 39.2 Å². The number of fused-ring (bicyclic) bond motifs is 1. The molecule has 0 aromatic carbocycles. The molecule has 0 atom stereocenters. The average molecular weight is 274 g/mol. The number of esters is 1. The summed E-state index contributed by atoms with van der Waals surface area (Å²) in [6.07, 6.45) is 1.78. The second kappa shape index (κ2) is 5.88. The van der Waals surface area contributed by atoms with E-state index in [9.17, 15) is 9.59 Å². The number of carbonyl (C=O) groups excluding carboxylic acids is 2. The second-order valence-corrected chi connectivity index (χ2v) is 4.78. The summed E-state index contributed by atoms with van der Waals surface area (Å²) >= 11 is 0. The Labute approximate surface area is 117 Å². The summed E-state index contributed by atoms with van der Waals surface area (Å²) in [6.45, 7) is 2.36. The van der Waals surface area contributed by atoms with Crippen LogP contribution in [0.1, 0.15) is 27.8 Å². The minimum atomic E-state index is -0.403. The molecule has 5 nitrogen and oxygen atoms in total. The summed E-state index contributed by atoms with van der Waals surface area (Å²) in [5.74, 6) is -0.438. The molecule has 2 aromatic heterocycles. The zero-order chi connectivity index (χ0) is 14.7. The zero-order valence-electron chi connectivity index (χ0n) is 11.9. The van der Waals surface area contributed by atoms with Crippen LogP contribution in [0.2, 0.25) is 0 Å². The van der Waals surface area contributed by atoms with Crippen LogP contribution < -0.4 is 0 Å². The highest BCUT2D eigenvalue weighted by molar-refractivity contribution is 6.04. The van der Waals surface area contributed by atoms with E-state index in [0.717, 1.165) is 0 Å². The van der Waals surface area contributed by atoms with Crippen molar-refractivity contribution < 1.29 is 14.3 Å². The third-order valence-corrected chi connectivity index (χ3v) is 2.92. The fourth-order valence-corrected chi connectivity index (χ4v) is 2.11. The van der Waals surface area contributed by atoms with E-state index in [2.05, 4.69) is 0 Å². The lowest BCUT2D eigenvalue weighted by Crippen LogP contribution is -2.22. The number of likely N-dealkylation sites (N-methyl/N-ethyl adjacent to an activating group) is 1. The standard InChI is InChI=1S/C15H18N2O3/c1-4-20-15(19)11-9-13(14(18)10-16(2)3)17-8-6-5-7-12(11)17/h5-9H,4,10H2,1-3H3. The maximum atomic E-state index is 12.2. The fourth-order valence-electron chi connectivity index (χ4n) is 2.11. The van der Waals surface area contributed by atoms with Crippen LogP contribution in [0.5, 0.6) is 0 Å². The Balaban J connectivity index is 2.51. The van der Waals surface area contributed by atoms with Crippen molar-refractivity contribution in [1.82, 2.24) is 9.30 Å². The molecule has 0 amide bonds. The van der Waals surface area contributed by atoms with Gasteiger partial charge in [-0.15, -0.1) is 0 Å². The average Bonchev–Trinajstić information content (AvgIpc) is 2.78. The van der Waals surface area contributed by atoms with Crippen LogP contribution in [0.15, 0.2) is 30.5 Å². The summed E-state index contributed by atoms with van der Waals surface area (Å²) in [5, 5.41) is 0. The molecule has 0 saturated carbocycles. The number of ether oxygens (including phenoxy) is 1. The molecule has 2 rings (SSSR count). The largest absolute Gasteiger partial charge is 0.462 e. The number of Topliss-reactive ketones (excluding diaryl/α,β-unsaturated/α-hetero) is 1. The minimum Gasteiger partial charge on any atom is -0.462 e. The van der Waals surface area contributed by atoms with Crippen molar-refractivity contribution in [3.63, 3.8) is 0 Å². The monoisotopic (exact) mass is 274 g/mol. The third kappa shape index (κ3) is 2.72. The highest BCUT2D eigenvalue weighted by Crippen LogP contribution is 2.18. The summed E-state index contributed by atoms with van der Waals surface area (Å²) in [6, 6.07) is 7.07. The Kier molecular flexibility index (Phi) is 4.20. The number of pyridine rings is 1. The summed E-state index contributed by atoms with van der Waals surface area (Å²) in [7, 11) is 3.67. The van der Waals surface area contributed by atoms with Crippen LogP contribution >= 0.6 is 0 Å². The maximum Gasteiger partial charge on any atom is 0.340 e. The first-order valence-electron chi connectivity index (χ1n) is 6.49.